The molecule has 0 aromatic carbocycles. The lowest BCUT2D eigenvalue weighted by molar-refractivity contribution is -0.241. The predicted molar refractivity (Wildman–Crippen MR) is 148 cm³/mol. The van der Waals surface area contributed by atoms with Gasteiger partial charge >= 0.3 is 35.8 Å². The van der Waals surface area contributed by atoms with Crippen molar-refractivity contribution in [3.05, 3.63) is 24.3 Å². The third-order valence-electron chi connectivity index (χ3n) is 9.65. The van der Waals surface area contributed by atoms with Crippen molar-refractivity contribution in [1.29, 1.82) is 0 Å². The van der Waals surface area contributed by atoms with Crippen LogP contribution in [0.25, 0.3) is 0 Å². The Hall–Kier alpha value is -3.74. The van der Waals surface area contributed by atoms with E-state index in [1.54, 1.807) is 19.1 Å². The highest BCUT2D eigenvalue weighted by molar-refractivity contribution is 5.76. The highest BCUT2D eigenvalue weighted by atomic mass is 16.6. The lowest BCUT2D eigenvalue weighted by atomic mass is 9.57. The van der Waals surface area contributed by atoms with Crippen LogP contribution in [-0.4, -0.2) is 82.1 Å². The van der Waals surface area contributed by atoms with E-state index in [1.165, 1.54) is 20.8 Å². The van der Waals surface area contributed by atoms with E-state index in [4.69, 9.17) is 28.4 Å². The van der Waals surface area contributed by atoms with Crippen molar-refractivity contribution in [2.45, 2.75) is 109 Å². The van der Waals surface area contributed by atoms with Gasteiger partial charge in [0.15, 0.2) is 29.5 Å². The van der Waals surface area contributed by atoms with E-state index in [1.807, 2.05) is 0 Å². The third-order valence-corrected chi connectivity index (χ3v) is 9.65. The molecule has 1 saturated heterocycles. The minimum Gasteiger partial charge on any atom is -0.461 e. The molecule has 13 nitrogen and oxygen atoms in total. The molecule has 3 fully saturated rings. The Labute approximate surface area is 255 Å². The van der Waals surface area contributed by atoms with Gasteiger partial charge in [-0.1, -0.05) is 25.7 Å². The maximum atomic E-state index is 13.1. The topological polar surface area (TPSA) is 178 Å². The maximum Gasteiger partial charge on any atom is 0.307 e. The molecule has 2 bridgehead atoms. The molecule has 3 aliphatic carbocycles. The standard InChI is InChI=1S/C31H40O13/c1-10-22(36)42-24-19-11-12-20-28(8,38)21-13-23(37)44-31(21,14(2)3)26(40-16(5)33)25(39-15(4)32)30(20,24)27(41-17(6)34)29(19,9)43-18(7)35/h11-12,19-21,24-27,38H,2,10,13H2,1,3-9H3/t19-,20+,21+,24-,25-,26-,27+,28-,29+,30+,31+/m1/s1. The van der Waals surface area contributed by atoms with Crippen LogP contribution in [0.15, 0.2) is 24.3 Å². The second-order valence-electron chi connectivity index (χ2n) is 12.5. The summed E-state index contributed by atoms with van der Waals surface area (Å²) in [6, 6.07) is 0. The molecule has 44 heavy (non-hydrogen) atoms. The van der Waals surface area contributed by atoms with Crippen LogP contribution in [0.5, 0.6) is 0 Å². The highest BCUT2D eigenvalue weighted by Crippen LogP contribution is 2.69. The molecule has 242 valence electrons. The Morgan fingerprint density at radius 1 is 0.886 bits per heavy atom. The summed E-state index contributed by atoms with van der Waals surface area (Å²) in [5.74, 6) is -8.16. The summed E-state index contributed by atoms with van der Waals surface area (Å²) in [5.41, 5.74) is -7.53. The van der Waals surface area contributed by atoms with Crippen LogP contribution in [0.2, 0.25) is 0 Å². The summed E-state index contributed by atoms with van der Waals surface area (Å²) in [6.45, 7) is 14.5. The molecule has 1 heterocycles. The van der Waals surface area contributed by atoms with Gasteiger partial charge in [0.05, 0.1) is 23.4 Å². The molecule has 0 aromatic rings. The van der Waals surface area contributed by atoms with Crippen molar-refractivity contribution in [1.82, 2.24) is 0 Å². The normalized spacial score (nSPS) is 41.7. The summed E-state index contributed by atoms with van der Waals surface area (Å²) in [7, 11) is 0. The maximum absolute atomic E-state index is 13.1. The first-order valence-corrected chi connectivity index (χ1v) is 14.5. The number of hydrogen-bond acceptors (Lipinski definition) is 13. The second kappa shape index (κ2) is 11.0. The Kier molecular flexibility index (Phi) is 8.29. The molecule has 0 aromatic heterocycles. The fraction of sp³-hybridized carbons (Fsp3) is 0.677. The Morgan fingerprint density at radius 3 is 1.95 bits per heavy atom. The molecule has 1 spiro atoms. The van der Waals surface area contributed by atoms with Gasteiger partial charge in [-0.25, -0.2) is 0 Å². The van der Waals surface area contributed by atoms with E-state index in [0.29, 0.717) is 0 Å². The van der Waals surface area contributed by atoms with Crippen LogP contribution in [-0.2, 0) is 57.2 Å². The van der Waals surface area contributed by atoms with Crippen LogP contribution in [0.3, 0.4) is 0 Å². The third kappa shape index (κ3) is 4.62. The number of carbonyl (C=O) groups excluding carboxylic acids is 6. The second-order valence-corrected chi connectivity index (χ2v) is 12.5. The van der Waals surface area contributed by atoms with E-state index in [-0.39, 0.29) is 18.4 Å². The average molecular weight is 621 g/mol. The number of carbonyl (C=O) groups is 6. The van der Waals surface area contributed by atoms with Gasteiger partial charge in [0.2, 0.25) is 0 Å². The largest absolute Gasteiger partial charge is 0.461 e. The van der Waals surface area contributed by atoms with E-state index in [9.17, 15) is 33.9 Å². The minimum atomic E-state index is -2.00. The Morgan fingerprint density at radius 2 is 1.45 bits per heavy atom. The lowest BCUT2D eigenvalue weighted by Gasteiger charge is -2.52. The first-order valence-electron chi connectivity index (χ1n) is 14.5. The quantitative estimate of drug-likeness (QED) is 0.248. The van der Waals surface area contributed by atoms with Gasteiger partial charge in [-0.2, -0.15) is 0 Å². The van der Waals surface area contributed by atoms with E-state index in [0.717, 1.165) is 27.7 Å². The van der Waals surface area contributed by atoms with Crippen LogP contribution in [0.4, 0.5) is 0 Å². The molecule has 2 saturated carbocycles. The van der Waals surface area contributed by atoms with Gasteiger partial charge in [0.25, 0.3) is 0 Å². The summed E-state index contributed by atoms with van der Waals surface area (Å²) in [6.07, 6.45) is -3.63. The van der Waals surface area contributed by atoms with Crippen molar-refractivity contribution >= 4 is 35.8 Å². The van der Waals surface area contributed by atoms with Gasteiger partial charge in [-0.15, -0.1) is 0 Å². The number of fused-ring (bicyclic) bond motifs is 2. The molecular formula is C31H40O13. The van der Waals surface area contributed by atoms with E-state index in [2.05, 4.69) is 6.58 Å². The fourth-order valence-corrected chi connectivity index (χ4v) is 8.39. The van der Waals surface area contributed by atoms with E-state index < -0.39 is 100 Å². The number of esters is 6. The zero-order chi connectivity index (χ0) is 33.2. The van der Waals surface area contributed by atoms with Gasteiger partial charge in [-0.3, -0.25) is 28.8 Å². The van der Waals surface area contributed by atoms with Crippen molar-refractivity contribution < 1.29 is 62.3 Å². The molecule has 1 aliphatic heterocycles. The summed E-state index contributed by atoms with van der Waals surface area (Å²) >= 11 is 0. The van der Waals surface area contributed by atoms with E-state index >= 15 is 0 Å². The van der Waals surface area contributed by atoms with Crippen LogP contribution in [0.1, 0.15) is 68.2 Å². The molecule has 0 unspecified atom stereocenters. The molecule has 4 aliphatic rings. The number of hydrogen-bond donors (Lipinski definition) is 1. The molecular weight excluding hydrogens is 580 g/mol. The molecule has 0 amide bonds. The molecule has 0 radical (unpaired) electrons. The predicted octanol–water partition coefficient (Wildman–Crippen LogP) is 1.87. The monoisotopic (exact) mass is 620 g/mol. The first kappa shape index (κ1) is 33.2. The van der Waals surface area contributed by atoms with Gasteiger partial charge < -0.3 is 33.5 Å². The molecule has 4 rings (SSSR count). The number of ether oxygens (including phenoxy) is 6. The molecule has 11 atom stereocenters. The lowest BCUT2D eigenvalue weighted by Crippen LogP contribution is -2.67. The Bertz CT molecular complexity index is 1330. The summed E-state index contributed by atoms with van der Waals surface area (Å²) in [5, 5.41) is 12.7. The zero-order valence-corrected chi connectivity index (χ0v) is 26.2. The molecule has 13 heteroatoms. The molecule has 1 N–H and O–H groups in total. The Balaban J connectivity index is 2.24. The first-order chi connectivity index (χ1) is 20.3. The highest BCUT2D eigenvalue weighted by Gasteiger charge is 2.85. The fourth-order valence-electron chi connectivity index (χ4n) is 8.39. The SMILES string of the molecule is C=C(C)[C@]12OC(=O)C[C@H]1[C@](C)(O)[C@@H]1C=C[C@@H]3[C@@H](OC(=O)CC)[C@@]1([C@H](OC(C)=O)[C@H]2OC(C)=O)[C@@H](OC(C)=O)[C@@]3(C)OC(C)=O. The average Bonchev–Trinajstić information content (AvgIpc) is 3.29. The van der Waals surface area contributed by atoms with Crippen molar-refractivity contribution in [3.63, 3.8) is 0 Å². The van der Waals surface area contributed by atoms with Crippen LogP contribution < -0.4 is 0 Å². The van der Waals surface area contributed by atoms with Crippen LogP contribution >= 0.6 is 0 Å². The van der Waals surface area contributed by atoms with Gasteiger partial charge in [0.1, 0.15) is 6.10 Å². The summed E-state index contributed by atoms with van der Waals surface area (Å²) < 4.78 is 35.8. The van der Waals surface area contributed by atoms with Crippen molar-refractivity contribution in [3.8, 4) is 0 Å². The summed E-state index contributed by atoms with van der Waals surface area (Å²) in [4.78, 5) is 77.3. The van der Waals surface area contributed by atoms with Crippen molar-refractivity contribution in [2.75, 3.05) is 0 Å². The van der Waals surface area contributed by atoms with Crippen molar-refractivity contribution in [2.24, 2.45) is 23.2 Å². The minimum absolute atomic E-state index is 0.0892. The number of rotatable bonds is 7. The van der Waals surface area contributed by atoms with Crippen LogP contribution in [0, 0.1) is 23.2 Å². The smallest absolute Gasteiger partial charge is 0.307 e. The zero-order valence-electron chi connectivity index (χ0n) is 26.2. The number of aliphatic hydroxyl groups is 1. The van der Waals surface area contributed by atoms with Gasteiger partial charge in [-0.05, 0) is 26.3 Å². The van der Waals surface area contributed by atoms with Gasteiger partial charge in [0, 0.05) is 46.0 Å².